The van der Waals surface area contributed by atoms with Crippen molar-refractivity contribution < 1.29 is 4.74 Å². The van der Waals surface area contributed by atoms with Crippen LogP contribution in [0.3, 0.4) is 0 Å². The van der Waals surface area contributed by atoms with Gasteiger partial charge in [-0.2, -0.15) is 0 Å². The van der Waals surface area contributed by atoms with Gasteiger partial charge in [0.15, 0.2) is 0 Å². The Bertz CT molecular complexity index is 387. The fourth-order valence-corrected chi connectivity index (χ4v) is 4.70. The first-order valence-electron chi connectivity index (χ1n) is 9.22. The van der Waals surface area contributed by atoms with Crippen LogP contribution in [0.1, 0.15) is 58.8 Å². The Morgan fingerprint density at radius 1 is 1.05 bits per heavy atom. The Hall–Kier alpha value is -0.120. The SMILES string of the molecule is CC1(C2CC2)CN(CC2CCCCO2)C(C)(C2CC2)CN1. The van der Waals surface area contributed by atoms with Crippen molar-refractivity contribution in [2.45, 2.75) is 76.0 Å². The molecule has 0 amide bonds. The summed E-state index contributed by atoms with van der Waals surface area (Å²) < 4.78 is 6.06. The first-order valence-corrected chi connectivity index (χ1v) is 9.22. The van der Waals surface area contributed by atoms with Crippen LogP contribution >= 0.6 is 0 Å². The van der Waals surface area contributed by atoms with E-state index in [2.05, 4.69) is 24.1 Å². The molecule has 0 radical (unpaired) electrons. The van der Waals surface area contributed by atoms with Gasteiger partial charge in [0.2, 0.25) is 0 Å². The van der Waals surface area contributed by atoms with Gasteiger partial charge in [0.05, 0.1) is 6.10 Å². The highest BCUT2D eigenvalue weighted by molar-refractivity contribution is 5.11. The fourth-order valence-electron chi connectivity index (χ4n) is 4.70. The number of rotatable bonds is 4. The van der Waals surface area contributed by atoms with Gasteiger partial charge in [-0.25, -0.2) is 0 Å². The van der Waals surface area contributed by atoms with Gasteiger partial charge in [0.25, 0.3) is 0 Å². The maximum absolute atomic E-state index is 6.06. The van der Waals surface area contributed by atoms with Crippen molar-refractivity contribution in [3.05, 3.63) is 0 Å². The molecule has 4 rings (SSSR count). The lowest BCUT2D eigenvalue weighted by Gasteiger charge is -2.54. The molecule has 2 saturated heterocycles. The Morgan fingerprint density at radius 2 is 1.81 bits per heavy atom. The summed E-state index contributed by atoms with van der Waals surface area (Å²) in [4.78, 5) is 2.83. The van der Waals surface area contributed by atoms with Crippen molar-refractivity contribution in [3.63, 3.8) is 0 Å². The average molecular weight is 292 g/mol. The molecule has 3 heteroatoms. The van der Waals surface area contributed by atoms with E-state index in [4.69, 9.17) is 4.74 Å². The summed E-state index contributed by atoms with van der Waals surface area (Å²) >= 11 is 0. The normalized spacial score (nSPS) is 45.7. The number of hydrogen-bond donors (Lipinski definition) is 1. The first kappa shape index (κ1) is 14.5. The molecule has 3 atom stereocenters. The van der Waals surface area contributed by atoms with Crippen LogP contribution in [0.25, 0.3) is 0 Å². The Kier molecular flexibility index (Phi) is 3.59. The van der Waals surface area contributed by atoms with Gasteiger partial charge in [-0.05, 0) is 70.6 Å². The summed E-state index contributed by atoms with van der Waals surface area (Å²) in [6.07, 6.45) is 10.1. The van der Waals surface area contributed by atoms with Crippen LogP contribution in [0.5, 0.6) is 0 Å². The summed E-state index contributed by atoms with van der Waals surface area (Å²) in [6.45, 7) is 9.52. The molecule has 0 aromatic rings. The van der Waals surface area contributed by atoms with Crippen molar-refractivity contribution in [3.8, 4) is 0 Å². The van der Waals surface area contributed by atoms with Gasteiger partial charge >= 0.3 is 0 Å². The molecule has 0 spiro atoms. The predicted octanol–water partition coefficient (Wildman–Crippen LogP) is 2.80. The van der Waals surface area contributed by atoms with Gasteiger partial charge in [-0.3, -0.25) is 4.90 Å². The smallest absolute Gasteiger partial charge is 0.0702 e. The van der Waals surface area contributed by atoms with Crippen LogP contribution in [0.15, 0.2) is 0 Å². The van der Waals surface area contributed by atoms with Crippen LogP contribution < -0.4 is 5.32 Å². The van der Waals surface area contributed by atoms with Gasteiger partial charge in [-0.15, -0.1) is 0 Å². The summed E-state index contributed by atoms with van der Waals surface area (Å²) in [5, 5.41) is 3.95. The molecule has 2 aliphatic carbocycles. The van der Waals surface area contributed by atoms with E-state index in [1.165, 1.54) is 58.0 Å². The molecule has 4 fully saturated rings. The Morgan fingerprint density at radius 3 is 2.43 bits per heavy atom. The number of piperazine rings is 1. The minimum atomic E-state index is 0.350. The Balaban J connectivity index is 1.49. The van der Waals surface area contributed by atoms with Crippen LogP contribution in [0.4, 0.5) is 0 Å². The second-order valence-electron chi connectivity index (χ2n) is 8.55. The van der Waals surface area contributed by atoms with Crippen molar-refractivity contribution in [1.29, 1.82) is 0 Å². The maximum Gasteiger partial charge on any atom is 0.0702 e. The van der Waals surface area contributed by atoms with Gasteiger partial charge < -0.3 is 10.1 Å². The zero-order valence-electron chi connectivity index (χ0n) is 13.9. The minimum Gasteiger partial charge on any atom is -0.377 e. The van der Waals surface area contributed by atoms with Crippen molar-refractivity contribution in [1.82, 2.24) is 10.2 Å². The second kappa shape index (κ2) is 5.21. The molecule has 2 saturated carbocycles. The molecule has 21 heavy (non-hydrogen) atoms. The zero-order chi connectivity index (χ0) is 14.5. The highest BCUT2D eigenvalue weighted by Gasteiger charge is 2.54. The molecular weight excluding hydrogens is 260 g/mol. The van der Waals surface area contributed by atoms with Crippen molar-refractivity contribution in [2.75, 3.05) is 26.2 Å². The fraction of sp³-hybridized carbons (Fsp3) is 1.00. The monoisotopic (exact) mass is 292 g/mol. The molecular formula is C18H32N2O. The van der Waals surface area contributed by atoms with Gasteiger partial charge in [-0.1, -0.05) is 0 Å². The largest absolute Gasteiger partial charge is 0.377 e. The molecule has 2 heterocycles. The van der Waals surface area contributed by atoms with E-state index in [0.29, 0.717) is 17.2 Å². The summed E-state index contributed by atoms with van der Waals surface area (Å²) in [6, 6.07) is 0. The average Bonchev–Trinajstić information content (AvgIpc) is 3.35. The van der Waals surface area contributed by atoms with Crippen LogP contribution in [-0.4, -0.2) is 48.3 Å². The van der Waals surface area contributed by atoms with E-state index < -0.39 is 0 Å². The number of nitrogens with zero attached hydrogens (tertiary/aromatic N) is 1. The third-order valence-electron chi connectivity index (χ3n) is 6.73. The maximum atomic E-state index is 6.06. The molecule has 0 bridgehead atoms. The molecule has 4 aliphatic rings. The standard InChI is InChI=1S/C18H32N2O/c1-17(14-6-7-14)13-20(11-16-5-3-4-10-21-16)18(2,12-19-17)15-8-9-15/h14-16,19H,3-13H2,1-2H3. The quantitative estimate of drug-likeness (QED) is 0.862. The highest BCUT2D eigenvalue weighted by Crippen LogP contribution is 2.48. The van der Waals surface area contributed by atoms with E-state index >= 15 is 0 Å². The Labute approximate surface area is 129 Å². The number of ether oxygens (including phenoxy) is 1. The minimum absolute atomic E-state index is 0.350. The van der Waals surface area contributed by atoms with Gasteiger partial charge in [0, 0.05) is 37.3 Å². The number of nitrogens with one attached hydrogen (secondary N) is 1. The topological polar surface area (TPSA) is 24.5 Å². The van der Waals surface area contributed by atoms with Crippen molar-refractivity contribution in [2.24, 2.45) is 11.8 Å². The summed E-state index contributed by atoms with van der Waals surface area (Å²) in [5.74, 6) is 1.83. The van der Waals surface area contributed by atoms with E-state index in [-0.39, 0.29) is 0 Å². The molecule has 120 valence electrons. The first-order chi connectivity index (χ1) is 10.1. The molecule has 1 N–H and O–H groups in total. The van der Waals surface area contributed by atoms with Crippen LogP contribution in [0, 0.1) is 11.8 Å². The van der Waals surface area contributed by atoms with Crippen LogP contribution in [0.2, 0.25) is 0 Å². The molecule has 0 aromatic heterocycles. The third kappa shape index (κ3) is 2.77. The lowest BCUT2D eigenvalue weighted by Crippen LogP contribution is -2.70. The van der Waals surface area contributed by atoms with Crippen molar-refractivity contribution >= 4 is 0 Å². The predicted molar refractivity (Wildman–Crippen MR) is 85.4 cm³/mol. The summed E-state index contributed by atoms with van der Waals surface area (Å²) in [5.41, 5.74) is 0.721. The van der Waals surface area contributed by atoms with E-state index in [0.717, 1.165) is 25.0 Å². The van der Waals surface area contributed by atoms with E-state index in [9.17, 15) is 0 Å². The lowest BCUT2D eigenvalue weighted by atomic mass is 9.82. The lowest BCUT2D eigenvalue weighted by molar-refractivity contribution is -0.0614. The highest BCUT2D eigenvalue weighted by atomic mass is 16.5. The van der Waals surface area contributed by atoms with E-state index in [1.807, 2.05) is 0 Å². The molecule has 2 aliphatic heterocycles. The molecule has 3 nitrogen and oxygen atoms in total. The van der Waals surface area contributed by atoms with Crippen LogP contribution in [-0.2, 0) is 4.74 Å². The second-order valence-corrected chi connectivity index (χ2v) is 8.55. The molecule has 0 aromatic carbocycles. The summed E-state index contributed by atoms with van der Waals surface area (Å²) in [7, 11) is 0. The number of hydrogen-bond acceptors (Lipinski definition) is 3. The molecule has 3 unspecified atom stereocenters. The third-order valence-corrected chi connectivity index (χ3v) is 6.73. The van der Waals surface area contributed by atoms with Gasteiger partial charge in [0.1, 0.15) is 0 Å². The van der Waals surface area contributed by atoms with E-state index in [1.54, 1.807) is 0 Å². The zero-order valence-corrected chi connectivity index (χ0v) is 13.9.